The first-order chi connectivity index (χ1) is 5.84. The lowest BCUT2D eigenvalue weighted by Crippen LogP contribution is -2.56. The molecule has 1 unspecified atom stereocenters. The third-order valence-corrected chi connectivity index (χ3v) is 4.60. The molecular formula is C8H20O4Si. The van der Waals surface area contributed by atoms with Crippen molar-refractivity contribution in [3.8, 4) is 0 Å². The van der Waals surface area contributed by atoms with Gasteiger partial charge >= 0.3 is 0 Å². The molecule has 0 amide bonds. The second-order valence-corrected chi connectivity index (χ2v) is 9.88. The minimum absolute atomic E-state index is 0.397. The molecule has 5 heteroatoms. The van der Waals surface area contributed by atoms with E-state index in [1.807, 2.05) is 19.6 Å². The standard InChI is InChI=1S/C8H20O4Si/c1-13(2,3)7(12)8(4-9,5-10)6-11/h7,9-12H,4-6H2,1-3H3. The van der Waals surface area contributed by atoms with Crippen LogP contribution in [-0.4, -0.2) is 54.0 Å². The van der Waals surface area contributed by atoms with Gasteiger partial charge in [-0.1, -0.05) is 19.6 Å². The van der Waals surface area contributed by atoms with Crippen LogP contribution in [0.4, 0.5) is 0 Å². The summed E-state index contributed by atoms with van der Waals surface area (Å²) in [6.45, 7) is 4.58. The lowest BCUT2D eigenvalue weighted by molar-refractivity contribution is -0.0547. The maximum Gasteiger partial charge on any atom is 0.0792 e. The highest BCUT2D eigenvalue weighted by Crippen LogP contribution is 2.27. The van der Waals surface area contributed by atoms with E-state index in [1.165, 1.54) is 0 Å². The average molecular weight is 208 g/mol. The Morgan fingerprint density at radius 1 is 1.00 bits per heavy atom. The molecule has 0 aromatic rings. The fraction of sp³-hybridized carbons (Fsp3) is 1.00. The zero-order chi connectivity index (χ0) is 10.7. The zero-order valence-electron chi connectivity index (χ0n) is 8.49. The van der Waals surface area contributed by atoms with Crippen LogP contribution in [0.2, 0.25) is 19.6 Å². The van der Waals surface area contributed by atoms with Crippen molar-refractivity contribution in [2.45, 2.75) is 25.4 Å². The van der Waals surface area contributed by atoms with Crippen molar-refractivity contribution in [2.75, 3.05) is 19.8 Å². The summed E-state index contributed by atoms with van der Waals surface area (Å²) in [7, 11) is -1.88. The largest absolute Gasteiger partial charge is 0.396 e. The molecule has 0 saturated heterocycles. The quantitative estimate of drug-likeness (QED) is 0.445. The molecule has 4 nitrogen and oxygen atoms in total. The first-order valence-corrected chi connectivity index (χ1v) is 7.92. The number of aliphatic hydroxyl groups is 4. The summed E-state index contributed by atoms with van der Waals surface area (Å²) < 4.78 is 0. The van der Waals surface area contributed by atoms with Gasteiger partial charge in [-0.15, -0.1) is 0 Å². The lowest BCUT2D eigenvalue weighted by Gasteiger charge is -2.39. The van der Waals surface area contributed by atoms with E-state index < -0.39 is 39.0 Å². The Bertz CT molecular complexity index is 142. The Kier molecular flexibility index (Phi) is 4.54. The van der Waals surface area contributed by atoms with Crippen LogP contribution in [-0.2, 0) is 0 Å². The summed E-state index contributed by atoms with van der Waals surface area (Å²) in [4.78, 5) is 0. The molecule has 4 N–H and O–H groups in total. The van der Waals surface area contributed by atoms with E-state index in [2.05, 4.69) is 0 Å². The molecule has 0 saturated carbocycles. The van der Waals surface area contributed by atoms with Crippen LogP contribution in [0.3, 0.4) is 0 Å². The van der Waals surface area contributed by atoms with Crippen molar-refractivity contribution in [1.29, 1.82) is 0 Å². The second kappa shape index (κ2) is 4.52. The van der Waals surface area contributed by atoms with Gasteiger partial charge < -0.3 is 20.4 Å². The highest BCUT2D eigenvalue weighted by Gasteiger charge is 2.43. The molecule has 0 heterocycles. The number of rotatable bonds is 5. The van der Waals surface area contributed by atoms with Crippen molar-refractivity contribution in [3.63, 3.8) is 0 Å². The summed E-state index contributed by atoms with van der Waals surface area (Å²) in [5.41, 5.74) is -1.95. The summed E-state index contributed by atoms with van der Waals surface area (Å²) in [5.74, 6) is 0. The molecule has 0 aromatic heterocycles. The van der Waals surface area contributed by atoms with Gasteiger partial charge in [-0.25, -0.2) is 0 Å². The average Bonchev–Trinajstić information content (AvgIpc) is 2.07. The molecule has 0 radical (unpaired) electrons. The maximum absolute atomic E-state index is 9.88. The van der Waals surface area contributed by atoms with E-state index in [9.17, 15) is 5.11 Å². The fourth-order valence-electron chi connectivity index (χ4n) is 1.33. The molecule has 13 heavy (non-hydrogen) atoms. The maximum atomic E-state index is 9.88. The molecule has 80 valence electrons. The van der Waals surface area contributed by atoms with Crippen molar-refractivity contribution in [1.82, 2.24) is 0 Å². The van der Waals surface area contributed by atoms with Crippen molar-refractivity contribution in [2.24, 2.45) is 5.41 Å². The van der Waals surface area contributed by atoms with Gasteiger partial charge in [0.15, 0.2) is 0 Å². The van der Waals surface area contributed by atoms with Crippen LogP contribution in [0.25, 0.3) is 0 Å². The molecular weight excluding hydrogens is 188 g/mol. The summed E-state index contributed by atoms with van der Waals surface area (Å²) in [5, 5.41) is 37.0. The monoisotopic (exact) mass is 208 g/mol. The Balaban J connectivity index is 4.73. The van der Waals surface area contributed by atoms with E-state index in [4.69, 9.17) is 15.3 Å². The van der Waals surface area contributed by atoms with Gasteiger partial charge in [0.05, 0.1) is 39.0 Å². The third-order valence-electron chi connectivity index (χ3n) is 2.35. The molecule has 0 aliphatic carbocycles. The van der Waals surface area contributed by atoms with Gasteiger partial charge in [-0.2, -0.15) is 0 Å². The van der Waals surface area contributed by atoms with Gasteiger partial charge in [-0.3, -0.25) is 0 Å². The van der Waals surface area contributed by atoms with Gasteiger partial charge in [0.25, 0.3) is 0 Å². The molecule has 0 bridgehead atoms. The van der Waals surface area contributed by atoms with Crippen LogP contribution in [0.5, 0.6) is 0 Å². The smallest absolute Gasteiger partial charge is 0.0792 e. The number of hydrogen-bond donors (Lipinski definition) is 4. The number of aliphatic hydroxyl groups excluding tert-OH is 4. The van der Waals surface area contributed by atoms with E-state index in [0.29, 0.717) is 0 Å². The van der Waals surface area contributed by atoms with Gasteiger partial charge in [0.2, 0.25) is 0 Å². The third kappa shape index (κ3) is 2.75. The Morgan fingerprint density at radius 3 is 1.38 bits per heavy atom. The lowest BCUT2D eigenvalue weighted by atomic mass is 9.92. The summed E-state index contributed by atoms with van der Waals surface area (Å²) in [6, 6.07) is 0. The minimum Gasteiger partial charge on any atom is -0.396 e. The summed E-state index contributed by atoms with van der Waals surface area (Å²) >= 11 is 0. The van der Waals surface area contributed by atoms with E-state index in [0.717, 1.165) is 0 Å². The highest BCUT2D eigenvalue weighted by atomic mass is 28.3. The minimum atomic E-state index is -1.88. The molecule has 1 atom stereocenters. The molecule has 0 aliphatic heterocycles. The molecule has 0 aromatic carbocycles. The van der Waals surface area contributed by atoms with Crippen LogP contribution in [0.1, 0.15) is 0 Å². The van der Waals surface area contributed by atoms with Gasteiger partial charge in [-0.05, 0) is 0 Å². The van der Waals surface area contributed by atoms with Crippen molar-refractivity contribution in [3.05, 3.63) is 0 Å². The van der Waals surface area contributed by atoms with E-state index >= 15 is 0 Å². The van der Waals surface area contributed by atoms with Crippen LogP contribution < -0.4 is 0 Å². The van der Waals surface area contributed by atoms with Crippen molar-refractivity contribution < 1.29 is 20.4 Å². The fourth-order valence-corrected chi connectivity index (χ4v) is 3.44. The predicted octanol–water partition coefficient (Wildman–Crippen LogP) is -0.812. The Hall–Kier alpha value is 0.0569. The zero-order valence-corrected chi connectivity index (χ0v) is 9.49. The molecule has 0 rings (SSSR count). The highest BCUT2D eigenvalue weighted by molar-refractivity contribution is 6.77. The van der Waals surface area contributed by atoms with Gasteiger partial charge in [0.1, 0.15) is 0 Å². The summed E-state index contributed by atoms with van der Waals surface area (Å²) in [6.07, 6.45) is 0. The van der Waals surface area contributed by atoms with Crippen LogP contribution in [0, 0.1) is 5.41 Å². The van der Waals surface area contributed by atoms with E-state index in [1.54, 1.807) is 0 Å². The van der Waals surface area contributed by atoms with E-state index in [-0.39, 0.29) is 0 Å². The number of hydrogen-bond acceptors (Lipinski definition) is 4. The first-order valence-electron chi connectivity index (χ1n) is 4.34. The van der Waals surface area contributed by atoms with Crippen molar-refractivity contribution >= 4 is 8.07 Å². The van der Waals surface area contributed by atoms with Gasteiger partial charge in [0, 0.05) is 0 Å². The van der Waals surface area contributed by atoms with Crippen LogP contribution >= 0.6 is 0 Å². The SMILES string of the molecule is C[Si](C)(C)C(O)C(CO)(CO)CO. The Labute approximate surface area is 79.9 Å². The predicted molar refractivity (Wildman–Crippen MR) is 53.0 cm³/mol. The normalized spacial score (nSPS) is 15.9. The first kappa shape index (κ1) is 13.1. The second-order valence-electron chi connectivity index (χ2n) is 4.61. The molecule has 0 fully saturated rings. The molecule has 0 aliphatic rings. The topological polar surface area (TPSA) is 80.9 Å². The molecule has 0 spiro atoms. The Morgan fingerprint density at radius 2 is 1.31 bits per heavy atom. The van der Waals surface area contributed by atoms with Crippen LogP contribution in [0.15, 0.2) is 0 Å².